The van der Waals surface area contributed by atoms with E-state index in [1.165, 1.54) is 38.1 Å². The standard InChI is InChI=1S/C13H13ClF4O2/c1-11(2)19-7-12(15,13(16,17)18)10(20-11)8-3-5-9(14)6-4-8/h3-6,10H,7H2,1-2H3/t10-,12+/m1/s1. The molecule has 1 aliphatic heterocycles. The monoisotopic (exact) mass is 312 g/mol. The maximum absolute atomic E-state index is 14.5. The number of ether oxygens (including phenoxy) is 2. The van der Waals surface area contributed by atoms with E-state index in [4.69, 9.17) is 21.1 Å². The largest absolute Gasteiger partial charge is 0.427 e. The second kappa shape index (κ2) is 4.86. The van der Waals surface area contributed by atoms with E-state index < -0.39 is 30.3 Å². The van der Waals surface area contributed by atoms with Gasteiger partial charge in [0.15, 0.2) is 5.79 Å². The van der Waals surface area contributed by atoms with Crippen molar-refractivity contribution in [1.29, 1.82) is 0 Å². The van der Waals surface area contributed by atoms with E-state index in [0.717, 1.165) is 0 Å². The minimum atomic E-state index is -5.10. The normalized spacial score (nSPS) is 30.2. The summed E-state index contributed by atoms with van der Waals surface area (Å²) < 4.78 is 63.6. The van der Waals surface area contributed by atoms with Gasteiger partial charge in [0.1, 0.15) is 6.10 Å². The fourth-order valence-electron chi connectivity index (χ4n) is 1.97. The molecule has 0 amide bonds. The van der Waals surface area contributed by atoms with Gasteiger partial charge in [-0.05, 0) is 31.5 Å². The van der Waals surface area contributed by atoms with Gasteiger partial charge in [-0.3, -0.25) is 0 Å². The number of alkyl halides is 4. The Kier molecular flexibility index (Phi) is 3.77. The van der Waals surface area contributed by atoms with Crippen molar-refractivity contribution >= 4 is 11.6 Å². The van der Waals surface area contributed by atoms with Gasteiger partial charge in [0.2, 0.25) is 0 Å². The van der Waals surface area contributed by atoms with E-state index >= 15 is 0 Å². The summed E-state index contributed by atoms with van der Waals surface area (Å²) in [6.45, 7) is 1.76. The summed E-state index contributed by atoms with van der Waals surface area (Å²) >= 11 is 5.69. The third-order valence-corrected chi connectivity index (χ3v) is 3.34. The van der Waals surface area contributed by atoms with E-state index in [2.05, 4.69) is 0 Å². The zero-order valence-electron chi connectivity index (χ0n) is 10.8. The molecule has 0 N–H and O–H groups in total. The molecule has 1 heterocycles. The average molecular weight is 313 g/mol. The first kappa shape index (κ1) is 15.5. The Morgan fingerprint density at radius 1 is 1.20 bits per heavy atom. The van der Waals surface area contributed by atoms with Crippen LogP contribution in [0.3, 0.4) is 0 Å². The lowest BCUT2D eigenvalue weighted by atomic mass is 9.91. The molecule has 1 saturated heterocycles. The molecule has 1 aromatic carbocycles. The SMILES string of the molecule is CC1(C)OC[C@@](F)(C(F)(F)F)[C@@H](c2ccc(Cl)cc2)O1. The quantitative estimate of drug-likeness (QED) is 0.714. The summed E-state index contributed by atoms with van der Waals surface area (Å²) in [6, 6.07) is 5.40. The van der Waals surface area contributed by atoms with E-state index in [0.29, 0.717) is 5.02 Å². The summed E-state index contributed by atoms with van der Waals surface area (Å²) in [7, 11) is 0. The topological polar surface area (TPSA) is 18.5 Å². The predicted octanol–water partition coefficient (Wildman–Crippen LogP) is 4.43. The molecule has 20 heavy (non-hydrogen) atoms. The highest BCUT2D eigenvalue weighted by atomic mass is 35.5. The third-order valence-electron chi connectivity index (χ3n) is 3.09. The van der Waals surface area contributed by atoms with Crippen molar-refractivity contribution in [3.05, 3.63) is 34.9 Å². The molecule has 1 aliphatic rings. The predicted molar refractivity (Wildman–Crippen MR) is 65.2 cm³/mol. The molecule has 0 aromatic heterocycles. The van der Waals surface area contributed by atoms with Crippen LogP contribution in [0.1, 0.15) is 25.5 Å². The fourth-order valence-corrected chi connectivity index (χ4v) is 2.09. The molecule has 2 atom stereocenters. The third kappa shape index (κ3) is 2.77. The Hall–Kier alpha value is -0.850. The number of benzene rings is 1. The number of halogens is 5. The molecule has 1 fully saturated rings. The molecule has 0 bridgehead atoms. The van der Waals surface area contributed by atoms with Crippen LogP contribution in [0.2, 0.25) is 5.02 Å². The molecule has 0 aliphatic carbocycles. The first-order chi connectivity index (χ1) is 9.05. The van der Waals surface area contributed by atoms with Crippen molar-refractivity contribution in [2.24, 2.45) is 0 Å². The minimum Gasteiger partial charge on any atom is -0.347 e. The van der Waals surface area contributed by atoms with Gasteiger partial charge in [0.05, 0.1) is 6.61 Å². The van der Waals surface area contributed by atoms with E-state index in [9.17, 15) is 17.6 Å². The maximum atomic E-state index is 14.5. The second-order valence-corrected chi connectivity index (χ2v) is 5.53. The molecule has 2 nitrogen and oxygen atoms in total. The van der Waals surface area contributed by atoms with Crippen LogP contribution >= 0.6 is 11.6 Å². The summed E-state index contributed by atoms with van der Waals surface area (Å²) in [5.74, 6) is -1.30. The number of rotatable bonds is 1. The molecule has 0 saturated carbocycles. The van der Waals surface area contributed by atoms with Crippen LogP contribution in [0.15, 0.2) is 24.3 Å². The average Bonchev–Trinajstić information content (AvgIpc) is 2.32. The Balaban J connectivity index is 2.44. The summed E-state index contributed by atoms with van der Waals surface area (Å²) in [5, 5.41) is 0.344. The van der Waals surface area contributed by atoms with Gasteiger partial charge in [-0.15, -0.1) is 0 Å². The molecule has 0 spiro atoms. The highest BCUT2D eigenvalue weighted by molar-refractivity contribution is 6.30. The summed E-state index contributed by atoms with van der Waals surface area (Å²) in [6.07, 6.45) is -6.91. The lowest BCUT2D eigenvalue weighted by Gasteiger charge is -2.45. The molecule has 112 valence electrons. The second-order valence-electron chi connectivity index (χ2n) is 5.10. The van der Waals surface area contributed by atoms with Gasteiger partial charge in [0, 0.05) is 5.02 Å². The van der Waals surface area contributed by atoms with Gasteiger partial charge in [-0.25, -0.2) is 4.39 Å². The highest BCUT2D eigenvalue weighted by Crippen LogP contribution is 2.50. The van der Waals surface area contributed by atoms with Crippen LogP contribution in [-0.4, -0.2) is 24.2 Å². The van der Waals surface area contributed by atoms with Crippen LogP contribution in [0.4, 0.5) is 17.6 Å². The number of hydrogen-bond acceptors (Lipinski definition) is 2. The molecule has 7 heteroatoms. The smallest absolute Gasteiger partial charge is 0.347 e. The van der Waals surface area contributed by atoms with Crippen molar-refractivity contribution in [2.45, 2.75) is 37.6 Å². The van der Waals surface area contributed by atoms with E-state index in [1.807, 2.05) is 0 Å². The summed E-state index contributed by atoms with van der Waals surface area (Å²) in [4.78, 5) is 0. The Bertz CT molecular complexity index is 486. The van der Waals surface area contributed by atoms with Crippen LogP contribution in [-0.2, 0) is 9.47 Å². The first-order valence-corrected chi connectivity index (χ1v) is 6.26. The molecule has 0 unspecified atom stereocenters. The zero-order chi connectivity index (χ0) is 15.2. The van der Waals surface area contributed by atoms with Gasteiger partial charge < -0.3 is 9.47 Å². The highest BCUT2D eigenvalue weighted by Gasteiger charge is 2.65. The maximum Gasteiger partial charge on any atom is 0.427 e. The van der Waals surface area contributed by atoms with E-state index in [1.54, 1.807) is 0 Å². The van der Waals surface area contributed by atoms with Crippen LogP contribution in [0.5, 0.6) is 0 Å². The van der Waals surface area contributed by atoms with Crippen LogP contribution in [0, 0.1) is 0 Å². The lowest BCUT2D eigenvalue weighted by molar-refractivity contribution is -0.378. The van der Waals surface area contributed by atoms with E-state index in [-0.39, 0.29) is 5.56 Å². The molecular weight excluding hydrogens is 300 g/mol. The molecule has 0 radical (unpaired) electrons. The fraction of sp³-hybridized carbons (Fsp3) is 0.538. The van der Waals surface area contributed by atoms with Crippen molar-refractivity contribution < 1.29 is 27.0 Å². The van der Waals surface area contributed by atoms with Gasteiger partial charge in [0.25, 0.3) is 5.67 Å². The lowest BCUT2D eigenvalue weighted by Crippen LogP contribution is -2.58. The van der Waals surface area contributed by atoms with Gasteiger partial charge in [-0.1, -0.05) is 23.7 Å². The molecular formula is C13H13ClF4O2. The zero-order valence-corrected chi connectivity index (χ0v) is 11.6. The molecule has 1 aromatic rings. The Labute approximate surface area is 118 Å². The van der Waals surface area contributed by atoms with Crippen LogP contribution in [0.25, 0.3) is 0 Å². The Morgan fingerprint density at radius 3 is 2.25 bits per heavy atom. The first-order valence-electron chi connectivity index (χ1n) is 5.88. The van der Waals surface area contributed by atoms with Crippen molar-refractivity contribution in [1.82, 2.24) is 0 Å². The van der Waals surface area contributed by atoms with Crippen molar-refractivity contribution in [3.8, 4) is 0 Å². The molecule has 2 rings (SSSR count). The van der Waals surface area contributed by atoms with Crippen LogP contribution < -0.4 is 0 Å². The van der Waals surface area contributed by atoms with Crippen molar-refractivity contribution in [2.75, 3.05) is 6.61 Å². The number of hydrogen-bond donors (Lipinski definition) is 0. The Morgan fingerprint density at radius 2 is 1.75 bits per heavy atom. The van der Waals surface area contributed by atoms with Gasteiger partial charge in [-0.2, -0.15) is 13.2 Å². The minimum absolute atomic E-state index is 0.0607. The van der Waals surface area contributed by atoms with Crippen molar-refractivity contribution in [3.63, 3.8) is 0 Å². The summed E-state index contributed by atoms with van der Waals surface area (Å²) in [5.41, 5.74) is -3.54. The van der Waals surface area contributed by atoms with Gasteiger partial charge >= 0.3 is 6.18 Å².